The second-order valence-corrected chi connectivity index (χ2v) is 5.23. The standard InChI is InChI=1S/C19H17N5/c20-13-16-8-4-5-9-17(16)24-19-12-18(22-14-23-19)21-11-10-15-6-2-1-3-7-15/h1-9,12,14H,10-11H2,(H2,21,22,23,24). The van der Waals surface area contributed by atoms with Crippen LogP contribution < -0.4 is 10.6 Å². The second-order valence-electron chi connectivity index (χ2n) is 5.23. The Bertz CT molecular complexity index is 840. The molecule has 0 aliphatic carbocycles. The Morgan fingerprint density at radius 2 is 1.67 bits per heavy atom. The Hall–Kier alpha value is -3.39. The lowest BCUT2D eigenvalue weighted by Gasteiger charge is -2.09. The van der Waals surface area contributed by atoms with E-state index in [0.717, 1.165) is 24.5 Å². The van der Waals surface area contributed by atoms with Crippen LogP contribution in [0.1, 0.15) is 11.1 Å². The van der Waals surface area contributed by atoms with Gasteiger partial charge in [0.1, 0.15) is 24.0 Å². The number of hydrogen-bond donors (Lipinski definition) is 2. The van der Waals surface area contributed by atoms with E-state index in [1.54, 1.807) is 6.07 Å². The first-order valence-corrected chi connectivity index (χ1v) is 7.71. The van der Waals surface area contributed by atoms with Gasteiger partial charge in [-0.1, -0.05) is 42.5 Å². The molecule has 0 amide bonds. The van der Waals surface area contributed by atoms with Crippen LogP contribution in [-0.4, -0.2) is 16.5 Å². The number of anilines is 3. The summed E-state index contributed by atoms with van der Waals surface area (Å²) in [7, 11) is 0. The average Bonchev–Trinajstić information content (AvgIpc) is 2.63. The molecular formula is C19H17N5. The fraction of sp³-hybridized carbons (Fsp3) is 0.105. The predicted molar refractivity (Wildman–Crippen MR) is 95.1 cm³/mol. The number of hydrogen-bond acceptors (Lipinski definition) is 5. The molecule has 0 saturated carbocycles. The van der Waals surface area contributed by atoms with Crippen molar-refractivity contribution in [2.75, 3.05) is 17.2 Å². The zero-order valence-corrected chi connectivity index (χ0v) is 13.1. The Labute approximate surface area is 141 Å². The summed E-state index contributed by atoms with van der Waals surface area (Å²) in [6.07, 6.45) is 2.42. The molecule has 0 radical (unpaired) electrons. The van der Waals surface area contributed by atoms with Gasteiger partial charge in [-0.3, -0.25) is 0 Å². The van der Waals surface area contributed by atoms with Gasteiger partial charge in [-0.2, -0.15) is 5.26 Å². The summed E-state index contributed by atoms with van der Waals surface area (Å²) >= 11 is 0. The van der Waals surface area contributed by atoms with Crippen LogP contribution in [0, 0.1) is 11.3 Å². The highest BCUT2D eigenvalue weighted by atomic mass is 15.1. The zero-order valence-electron chi connectivity index (χ0n) is 13.1. The van der Waals surface area contributed by atoms with Crippen LogP contribution in [0.4, 0.5) is 17.3 Å². The molecule has 24 heavy (non-hydrogen) atoms. The normalized spacial score (nSPS) is 9.96. The quantitative estimate of drug-likeness (QED) is 0.725. The summed E-state index contributed by atoms with van der Waals surface area (Å²) in [5.74, 6) is 1.40. The summed E-state index contributed by atoms with van der Waals surface area (Å²) in [6, 6.07) is 21.6. The molecule has 0 fully saturated rings. The molecule has 5 heteroatoms. The van der Waals surface area contributed by atoms with Gasteiger partial charge in [-0.05, 0) is 24.1 Å². The van der Waals surface area contributed by atoms with E-state index in [1.807, 2.05) is 42.5 Å². The lowest BCUT2D eigenvalue weighted by Crippen LogP contribution is -2.07. The minimum Gasteiger partial charge on any atom is -0.370 e. The number of rotatable bonds is 6. The molecule has 0 aliphatic rings. The van der Waals surface area contributed by atoms with Crippen molar-refractivity contribution in [3.8, 4) is 6.07 Å². The molecule has 3 aromatic rings. The summed E-state index contributed by atoms with van der Waals surface area (Å²) < 4.78 is 0. The van der Waals surface area contributed by atoms with E-state index in [1.165, 1.54) is 11.9 Å². The predicted octanol–water partition coefficient (Wildman–Crippen LogP) is 3.75. The molecule has 2 N–H and O–H groups in total. The average molecular weight is 315 g/mol. The number of para-hydroxylation sites is 1. The van der Waals surface area contributed by atoms with Crippen LogP contribution in [0.25, 0.3) is 0 Å². The van der Waals surface area contributed by atoms with Gasteiger partial charge in [0.25, 0.3) is 0 Å². The molecule has 118 valence electrons. The van der Waals surface area contributed by atoms with Gasteiger partial charge in [-0.25, -0.2) is 9.97 Å². The fourth-order valence-electron chi connectivity index (χ4n) is 2.33. The fourth-order valence-corrected chi connectivity index (χ4v) is 2.33. The minimum atomic E-state index is 0.578. The van der Waals surface area contributed by atoms with Crippen molar-refractivity contribution in [2.45, 2.75) is 6.42 Å². The first-order valence-electron chi connectivity index (χ1n) is 7.71. The summed E-state index contributed by atoms with van der Waals surface area (Å²) in [4.78, 5) is 8.43. The smallest absolute Gasteiger partial charge is 0.135 e. The largest absolute Gasteiger partial charge is 0.370 e. The van der Waals surface area contributed by atoms with E-state index in [9.17, 15) is 0 Å². The number of benzene rings is 2. The molecule has 0 aliphatic heterocycles. The molecule has 0 spiro atoms. The van der Waals surface area contributed by atoms with Crippen LogP contribution >= 0.6 is 0 Å². The SMILES string of the molecule is N#Cc1ccccc1Nc1cc(NCCc2ccccc2)ncn1. The third kappa shape index (κ3) is 4.08. The Kier molecular flexibility index (Phi) is 5.00. The van der Waals surface area contributed by atoms with Crippen molar-refractivity contribution in [2.24, 2.45) is 0 Å². The van der Waals surface area contributed by atoms with Crippen molar-refractivity contribution >= 4 is 17.3 Å². The molecule has 0 saturated heterocycles. The number of aromatic nitrogens is 2. The highest BCUT2D eigenvalue weighted by Gasteiger charge is 2.03. The molecule has 0 atom stereocenters. The van der Waals surface area contributed by atoms with Crippen molar-refractivity contribution < 1.29 is 0 Å². The molecule has 5 nitrogen and oxygen atoms in total. The molecule has 0 unspecified atom stereocenters. The van der Waals surface area contributed by atoms with Crippen LogP contribution in [0.3, 0.4) is 0 Å². The maximum Gasteiger partial charge on any atom is 0.135 e. The van der Waals surface area contributed by atoms with Crippen LogP contribution in [0.15, 0.2) is 67.0 Å². The maximum atomic E-state index is 9.14. The third-order valence-electron chi connectivity index (χ3n) is 3.54. The van der Waals surface area contributed by atoms with Gasteiger partial charge in [0.2, 0.25) is 0 Å². The van der Waals surface area contributed by atoms with E-state index in [2.05, 4.69) is 38.8 Å². The van der Waals surface area contributed by atoms with Crippen molar-refractivity contribution in [1.29, 1.82) is 5.26 Å². The first kappa shape index (κ1) is 15.5. The maximum absolute atomic E-state index is 9.14. The monoisotopic (exact) mass is 315 g/mol. The number of nitrogens with one attached hydrogen (secondary N) is 2. The third-order valence-corrected chi connectivity index (χ3v) is 3.54. The van der Waals surface area contributed by atoms with Crippen LogP contribution in [-0.2, 0) is 6.42 Å². The zero-order chi connectivity index (χ0) is 16.6. The van der Waals surface area contributed by atoms with E-state index < -0.39 is 0 Å². The highest BCUT2D eigenvalue weighted by Crippen LogP contribution is 2.19. The highest BCUT2D eigenvalue weighted by molar-refractivity contribution is 5.65. The Morgan fingerprint density at radius 1 is 0.917 bits per heavy atom. The van der Waals surface area contributed by atoms with Crippen molar-refractivity contribution in [1.82, 2.24) is 9.97 Å². The lowest BCUT2D eigenvalue weighted by molar-refractivity contribution is 1.000. The topological polar surface area (TPSA) is 73.6 Å². The van der Waals surface area contributed by atoms with E-state index >= 15 is 0 Å². The number of nitriles is 1. The van der Waals surface area contributed by atoms with Crippen LogP contribution in [0.2, 0.25) is 0 Å². The van der Waals surface area contributed by atoms with E-state index in [-0.39, 0.29) is 0 Å². The van der Waals surface area contributed by atoms with Crippen LogP contribution in [0.5, 0.6) is 0 Å². The number of nitrogens with zero attached hydrogens (tertiary/aromatic N) is 3. The summed E-state index contributed by atoms with van der Waals surface area (Å²) in [5.41, 5.74) is 2.59. The molecule has 1 heterocycles. The molecule has 1 aromatic heterocycles. The lowest BCUT2D eigenvalue weighted by atomic mass is 10.1. The van der Waals surface area contributed by atoms with Gasteiger partial charge in [0.05, 0.1) is 11.3 Å². The molecule has 2 aromatic carbocycles. The van der Waals surface area contributed by atoms with Crippen molar-refractivity contribution in [3.05, 3.63) is 78.1 Å². The van der Waals surface area contributed by atoms with E-state index in [4.69, 9.17) is 5.26 Å². The van der Waals surface area contributed by atoms with Gasteiger partial charge in [0, 0.05) is 12.6 Å². The van der Waals surface area contributed by atoms with Gasteiger partial charge >= 0.3 is 0 Å². The van der Waals surface area contributed by atoms with Crippen molar-refractivity contribution in [3.63, 3.8) is 0 Å². The van der Waals surface area contributed by atoms with E-state index in [0.29, 0.717) is 11.4 Å². The summed E-state index contributed by atoms with van der Waals surface area (Å²) in [6.45, 7) is 0.787. The molecular weight excluding hydrogens is 298 g/mol. The minimum absolute atomic E-state index is 0.578. The summed E-state index contributed by atoms with van der Waals surface area (Å²) in [5, 5.41) is 15.6. The van der Waals surface area contributed by atoms with Gasteiger partial charge in [-0.15, -0.1) is 0 Å². The first-order chi connectivity index (χ1) is 11.8. The van der Waals surface area contributed by atoms with Gasteiger partial charge < -0.3 is 10.6 Å². The molecule has 3 rings (SSSR count). The Balaban J connectivity index is 1.63. The second kappa shape index (κ2) is 7.75. The molecule has 0 bridgehead atoms. The Morgan fingerprint density at radius 3 is 2.50 bits per heavy atom. The van der Waals surface area contributed by atoms with Gasteiger partial charge in [0.15, 0.2) is 0 Å².